The van der Waals surface area contributed by atoms with Crippen molar-refractivity contribution in [1.82, 2.24) is 15.1 Å². The van der Waals surface area contributed by atoms with Crippen LogP contribution in [-0.4, -0.2) is 40.0 Å². The predicted molar refractivity (Wildman–Crippen MR) is 78.7 cm³/mol. The number of hydrogen-bond donors (Lipinski definition) is 2. The monoisotopic (exact) mass is 290 g/mol. The van der Waals surface area contributed by atoms with Gasteiger partial charge in [-0.15, -0.1) is 0 Å². The lowest BCUT2D eigenvalue weighted by Gasteiger charge is -2.31. The second-order valence-electron chi connectivity index (χ2n) is 6.19. The molecule has 2 N–H and O–H groups in total. The van der Waals surface area contributed by atoms with E-state index in [4.69, 9.17) is 0 Å². The van der Waals surface area contributed by atoms with Crippen LogP contribution < -0.4 is 5.32 Å². The highest BCUT2D eigenvalue weighted by molar-refractivity contribution is 5.92. The SMILES string of the molecule is Cc1[nH]nc(NC(=O)C2CCN(C(=O)C3CC3)CC2)c1C. The number of hydrogen-bond acceptors (Lipinski definition) is 3. The molecule has 2 amide bonds. The molecule has 0 bridgehead atoms. The first kappa shape index (κ1) is 14.1. The van der Waals surface area contributed by atoms with Crippen molar-refractivity contribution in [2.24, 2.45) is 11.8 Å². The maximum absolute atomic E-state index is 12.3. The zero-order chi connectivity index (χ0) is 15.0. The van der Waals surface area contributed by atoms with Gasteiger partial charge in [-0.3, -0.25) is 14.7 Å². The Balaban J connectivity index is 1.53. The summed E-state index contributed by atoms with van der Waals surface area (Å²) in [7, 11) is 0. The molecule has 0 radical (unpaired) electrons. The summed E-state index contributed by atoms with van der Waals surface area (Å²) < 4.78 is 0. The van der Waals surface area contributed by atoms with E-state index < -0.39 is 0 Å². The summed E-state index contributed by atoms with van der Waals surface area (Å²) in [5, 5.41) is 9.87. The minimum atomic E-state index is -0.0235. The van der Waals surface area contributed by atoms with Crippen LogP contribution in [0.5, 0.6) is 0 Å². The molecule has 1 aliphatic carbocycles. The highest BCUT2D eigenvalue weighted by Gasteiger charge is 2.36. The summed E-state index contributed by atoms with van der Waals surface area (Å²) >= 11 is 0. The van der Waals surface area contributed by atoms with Crippen LogP contribution >= 0.6 is 0 Å². The molecule has 1 aromatic heterocycles. The minimum Gasteiger partial charge on any atom is -0.342 e. The molecule has 0 aromatic carbocycles. The van der Waals surface area contributed by atoms with E-state index in [1.807, 2.05) is 18.7 Å². The Bertz CT molecular complexity index is 554. The Kier molecular flexibility index (Phi) is 3.69. The maximum atomic E-state index is 12.3. The third-order valence-electron chi connectivity index (χ3n) is 4.60. The average Bonchev–Trinajstić information content (AvgIpc) is 3.30. The van der Waals surface area contributed by atoms with Gasteiger partial charge in [0.25, 0.3) is 0 Å². The van der Waals surface area contributed by atoms with Crippen LogP contribution in [0.3, 0.4) is 0 Å². The molecule has 0 unspecified atom stereocenters. The molecule has 114 valence electrons. The van der Waals surface area contributed by atoms with Crippen LogP contribution in [-0.2, 0) is 9.59 Å². The predicted octanol–water partition coefficient (Wildman–Crippen LogP) is 1.61. The summed E-state index contributed by atoms with van der Waals surface area (Å²) in [4.78, 5) is 26.2. The van der Waals surface area contributed by atoms with Crippen LogP contribution in [0.4, 0.5) is 5.82 Å². The summed E-state index contributed by atoms with van der Waals surface area (Å²) in [5.41, 5.74) is 1.94. The van der Waals surface area contributed by atoms with Crippen molar-refractivity contribution in [2.75, 3.05) is 18.4 Å². The summed E-state index contributed by atoms with van der Waals surface area (Å²) in [6.07, 6.45) is 3.56. The van der Waals surface area contributed by atoms with Gasteiger partial charge in [-0.25, -0.2) is 0 Å². The molecule has 1 aromatic rings. The Hall–Kier alpha value is -1.85. The van der Waals surface area contributed by atoms with Gasteiger partial charge >= 0.3 is 0 Å². The van der Waals surface area contributed by atoms with Crippen LogP contribution in [0.25, 0.3) is 0 Å². The van der Waals surface area contributed by atoms with Crippen molar-refractivity contribution >= 4 is 17.6 Å². The van der Waals surface area contributed by atoms with Crippen molar-refractivity contribution in [3.05, 3.63) is 11.3 Å². The van der Waals surface area contributed by atoms with E-state index in [1.165, 1.54) is 0 Å². The second kappa shape index (κ2) is 5.50. The largest absolute Gasteiger partial charge is 0.342 e. The number of nitrogens with one attached hydrogen (secondary N) is 2. The number of amides is 2. The molecule has 6 nitrogen and oxygen atoms in total. The molecule has 2 fully saturated rings. The van der Waals surface area contributed by atoms with Crippen molar-refractivity contribution in [3.8, 4) is 0 Å². The van der Waals surface area contributed by atoms with Crippen LogP contribution in [0, 0.1) is 25.7 Å². The van der Waals surface area contributed by atoms with Gasteiger partial charge in [-0.1, -0.05) is 0 Å². The molecule has 1 saturated carbocycles. The smallest absolute Gasteiger partial charge is 0.228 e. The van der Waals surface area contributed by atoms with Crippen LogP contribution in [0.15, 0.2) is 0 Å². The highest BCUT2D eigenvalue weighted by Crippen LogP contribution is 2.32. The van der Waals surface area contributed by atoms with Gasteiger partial charge in [-0.05, 0) is 39.5 Å². The molecule has 2 heterocycles. The number of aromatic nitrogens is 2. The molecular formula is C15H22N4O2. The van der Waals surface area contributed by atoms with E-state index in [-0.39, 0.29) is 23.7 Å². The van der Waals surface area contributed by atoms with Crippen LogP contribution in [0.1, 0.15) is 36.9 Å². The number of anilines is 1. The number of aryl methyl sites for hydroxylation is 1. The fourth-order valence-corrected chi connectivity index (χ4v) is 2.78. The van der Waals surface area contributed by atoms with Gasteiger partial charge < -0.3 is 10.2 Å². The van der Waals surface area contributed by atoms with Crippen LogP contribution in [0.2, 0.25) is 0 Å². The fourth-order valence-electron chi connectivity index (χ4n) is 2.78. The number of piperidine rings is 1. The molecule has 1 saturated heterocycles. The number of H-pyrrole nitrogens is 1. The highest BCUT2D eigenvalue weighted by atomic mass is 16.2. The zero-order valence-electron chi connectivity index (χ0n) is 12.6. The molecule has 1 aliphatic heterocycles. The Morgan fingerprint density at radius 2 is 1.81 bits per heavy atom. The average molecular weight is 290 g/mol. The Labute approximate surface area is 124 Å². The molecule has 0 atom stereocenters. The van der Waals surface area contributed by atoms with Gasteiger partial charge in [0.15, 0.2) is 5.82 Å². The van der Waals surface area contributed by atoms with Gasteiger partial charge in [0, 0.05) is 36.2 Å². The Morgan fingerprint density at radius 3 is 2.33 bits per heavy atom. The number of likely N-dealkylation sites (tertiary alicyclic amines) is 1. The molecule has 0 spiro atoms. The van der Waals surface area contributed by atoms with Crippen molar-refractivity contribution in [2.45, 2.75) is 39.5 Å². The van der Waals surface area contributed by atoms with Crippen molar-refractivity contribution in [1.29, 1.82) is 0 Å². The molecule has 21 heavy (non-hydrogen) atoms. The van der Waals surface area contributed by atoms with Gasteiger partial charge in [0.1, 0.15) is 0 Å². The van der Waals surface area contributed by atoms with E-state index in [9.17, 15) is 9.59 Å². The topological polar surface area (TPSA) is 78.1 Å². The number of nitrogens with zero attached hydrogens (tertiary/aromatic N) is 2. The molecule has 3 rings (SSSR count). The summed E-state index contributed by atoms with van der Waals surface area (Å²) in [5.74, 6) is 1.17. The van der Waals surface area contributed by atoms with E-state index in [0.29, 0.717) is 18.9 Å². The fraction of sp³-hybridized carbons (Fsp3) is 0.667. The lowest BCUT2D eigenvalue weighted by Crippen LogP contribution is -2.42. The Morgan fingerprint density at radius 1 is 1.14 bits per heavy atom. The first-order valence-corrected chi connectivity index (χ1v) is 7.67. The van der Waals surface area contributed by atoms with Crippen molar-refractivity contribution < 1.29 is 9.59 Å². The van der Waals surface area contributed by atoms with E-state index in [1.54, 1.807) is 0 Å². The zero-order valence-corrected chi connectivity index (χ0v) is 12.6. The summed E-state index contributed by atoms with van der Waals surface area (Å²) in [6.45, 7) is 5.27. The number of aromatic amines is 1. The second-order valence-corrected chi connectivity index (χ2v) is 6.19. The van der Waals surface area contributed by atoms with E-state index in [2.05, 4.69) is 15.5 Å². The van der Waals surface area contributed by atoms with Crippen molar-refractivity contribution in [3.63, 3.8) is 0 Å². The molecule has 2 aliphatic rings. The first-order chi connectivity index (χ1) is 10.1. The normalized spacial score (nSPS) is 19.6. The third-order valence-corrected chi connectivity index (χ3v) is 4.60. The first-order valence-electron chi connectivity index (χ1n) is 7.67. The number of carbonyl (C=O) groups is 2. The third kappa shape index (κ3) is 2.94. The van der Waals surface area contributed by atoms with Gasteiger partial charge in [0.2, 0.25) is 11.8 Å². The lowest BCUT2D eigenvalue weighted by molar-refractivity contribution is -0.135. The quantitative estimate of drug-likeness (QED) is 0.888. The maximum Gasteiger partial charge on any atom is 0.228 e. The summed E-state index contributed by atoms with van der Waals surface area (Å²) in [6, 6.07) is 0. The number of rotatable bonds is 3. The molecular weight excluding hydrogens is 268 g/mol. The molecule has 6 heteroatoms. The lowest BCUT2D eigenvalue weighted by atomic mass is 9.95. The number of carbonyl (C=O) groups excluding carboxylic acids is 2. The van der Waals surface area contributed by atoms with Gasteiger partial charge in [0.05, 0.1) is 0 Å². The standard InChI is InChI=1S/C15H22N4O2/c1-9-10(2)17-18-13(9)16-14(20)11-5-7-19(8-6-11)15(21)12-3-4-12/h11-12H,3-8H2,1-2H3,(H2,16,17,18,20). The van der Waals surface area contributed by atoms with Gasteiger partial charge in [-0.2, -0.15) is 5.10 Å². The van der Waals surface area contributed by atoms with E-state index >= 15 is 0 Å². The van der Waals surface area contributed by atoms with E-state index in [0.717, 1.165) is 36.9 Å². The minimum absolute atomic E-state index is 0.0168.